The summed E-state index contributed by atoms with van der Waals surface area (Å²) in [5.41, 5.74) is 0. The second-order valence-electron chi connectivity index (χ2n) is 4.54. The van der Waals surface area contributed by atoms with Gasteiger partial charge in [0.25, 0.3) is 0 Å². The number of aromatic amines is 1. The van der Waals surface area contributed by atoms with E-state index in [1.807, 2.05) is 17.5 Å². The molecular weight excluding hydrogens is 350 g/mol. The van der Waals surface area contributed by atoms with Crippen molar-refractivity contribution in [2.24, 2.45) is 0 Å². The van der Waals surface area contributed by atoms with Gasteiger partial charge in [0.1, 0.15) is 5.76 Å². The van der Waals surface area contributed by atoms with Crippen molar-refractivity contribution in [2.45, 2.75) is 11.7 Å². The number of amides is 3. The Morgan fingerprint density at radius 1 is 1.33 bits per heavy atom. The second-order valence-corrected chi connectivity index (χ2v) is 6.43. The number of thiophene rings is 1. The molecular formula is C14H13N5O3S2. The van der Waals surface area contributed by atoms with Gasteiger partial charge in [-0.15, -0.1) is 16.4 Å². The van der Waals surface area contributed by atoms with E-state index in [0.29, 0.717) is 16.7 Å². The maximum Gasteiger partial charge on any atom is 0.321 e. The summed E-state index contributed by atoms with van der Waals surface area (Å²) in [6.45, 7) is 0.213. The highest BCUT2D eigenvalue weighted by molar-refractivity contribution is 7.99. The molecule has 3 aromatic rings. The van der Waals surface area contributed by atoms with Crippen molar-refractivity contribution in [3.05, 3.63) is 41.7 Å². The van der Waals surface area contributed by atoms with Crippen molar-refractivity contribution in [1.82, 2.24) is 25.8 Å². The Morgan fingerprint density at radius 3 is 3.00 bits per heavy atom. The Labute approximate surface area is 145 Å². The van der Waals surface area contributed by atoms with E-state index >= 15 is 0 Å². The molecule has 0 fully saturated rings. The zero-order valence-corrected chi connectivity index (χ0v) is 13.9. The fourth-order valence-corrected chi connectivity index (χ4v) is 3.01. The molecule has 10 heteroatoms. The van der Waals surface area contributed by atoms with Crippen LogP contribution in [0.15, 0.2) is 45.5 Å². The number of furan rings is 1. The first kappa shape index (κ1) is 16.3. The summed E-state index contributed by atoms with van der Waals surface area (Å²) in [4.78, 5) is 28.6. The van der Waals surface area contributed by atoms with Gasteiger partial charge in [0.2, 0.25) is 11.1 Å². The smallest absolute Gasteiger partial charge is 0.321 e. The fourth-order valence-electron chi connectivity index (χ4n) is 1.75. The molecule has 0 aromatic carbocycles. The Hall–Kier alpha value is -2.59. The summed E-state index contributed by atoms with van der Waals surface area (Å²) in [6.07, 6.45) is 1.51. The average molecular weight is 363 g/mol. The Morgan fingerprint density at radius 2 is 2.25 bits per heavy atom. The summed E-state index contributed by atoms with van der Waals surface area (Å²) >= 11 is 2.69. The van der Waals surface area contributed by atoms with E-state index in [1.54, 1.807) is 23.5 Å². The maximum atomic E-state index is 11.7. The normalized spacial score (nSPS) is 10.5. The van der Waals surface area contributed by atoms with Crippen LogP contribution in [0.4, 0.5) is 4.79 Å². The number of rotatable bonds is 6. The summed E-state index contributed by atoms with van der Waals surface area (Å²) < 4.78 is 5.08. The number of aromatic nitrogens is 3. The molecule has 0 aliphatic heterocycles. The molecule has 8 nitrogen and oxygen atoms in total. The van der Waals surface area contributed by atoms with E-state index in [4.69, 9.17) is 4.42 Å². The molecule has 0 aliphatic rings. The molecule has 124 valence electrons. The molecule has 3 aromatic heterocycles. The second kappa shape index (κ2) is 7.79. The number of carbonyl (C=O) groups excluding carboxylic acids is 2. The molecule has 0 saturated carbocycles. The lowest BCUT2D eigenvalue weighted by molar-refractivity contribution is -0.117. The van der Waals surface area contributed by atoms with Crippen LogP contribution in [-0.2, 0) is 11.3 Å². The predicted octanol–water partition coefficient (Wildman–Crippen LogP) is 2.24. The van der Waals surface area contributed by atoms with Crippen LogP contribution in [-0.4, -0.2) is 32.9 Å². The quantitative estimate of drug-likeness (QED) is 0.579. The van der Waals surface area contributed by atoms with Crippen LogP contribution >= 0.6 is 23.1 Å². The minimum atomic E-state index is -0.578. The van der Waals surface area contributed by atoms with Crippen LogP contribution < -0.4 is 10.6 Å². The van der Waals surface area contributed by atoms with Gasteiger partial charge in [0.15, 0.2) is 5.82 Å². The lowest BCUT2D eigenvalue weighted by atomic mass is 10.4. The Kier molecular flexibility index (Phi) is 5.29. The van der Waals surface area contributed by atoms with Gasteiger partial charge in [0.05, 0.1) is 23.4 Å². The predicted molar refractivity (Wildman–Crippen MR) is 89.5 cm³/mol. The van der Waals surface area contributed by atoms with Crippen molar-refractivity contribution >= 4 is 35.0 Å². The van der Waals surface area contributed by atoms with Gasteiger partial charge in [-0.1, -0.05) is 17.8 Å². The number of carbonyl (C=O) groups is 2. The van der Waals surface area contributed by atoms with Gasteiger partial charge in [-0.25, -0.2) is 9.78 Å². The third-order valence-electron chi connectivity index (χ3n) is 2.81. The van der Waals surface area contributed by atoms with Crippen molar-refractivity contribution in [3.63, 3.8) is 0 Å². The molecule has 0 aliphatic carbocycles. The minimum absolute atomic E-state index is 0.0376. The fraction of sp³-hybridized carbons (Fsp3) is 0.143. The van der Waals surface area contributed by atoms with Crippen LogP contribution in [0.5, 0.6) is 0 Å². The number of hydrogen-bond acceptors (Lipinski definition) is 7. The molecule has 0 radical (unpaired) electrons. The van der Waals surface area contributed by atoms with Crippen molar-refractivity contribution < 1.29 is 14.0 Å². The molecule has 24 heavy (non-hydrogen) atoms. The first-order valence-corrected chi connectivity index (χ1v) is 8.76. The van der Waals surface area contributed by atoms with E-state index < -0.39 is 11.9 Å². The van der Waals surface area contributed by atoms with Crippen LogP contribution in [0.2, 0.25) is 0 Å². The van der Waals surface area contributed by atoms with Crippen LogP contribution in [0.3, 0.4) is 0 Å². The molecule has 0 unspecified atom stereocenters. The van der Waals surface area contributed by atoms with Gasteiger partial charge < -0.3 is 9.73 Å². The molecule has 0 bridgehead atoms. The molecule has 3 amide bonds. The number of H-pyrrole nitrogens is 1. The van der Waals surface area contributed by atoms with E-state index in [1.165, 1.54) is 6.26 Å². The van der Waals surface area contributed by atoms with Crippen molar-refractivity contribution in [1.29, 1.82) is 0 Å². The van der Waals surface area contributed by atoms with Crippen LogP contribution in [0, 0.1) is 0 Å². The Bertz CT molecular complexity index is 798. The van der Waals surface area contributed by atoms with Gasteiger partial charge in [-0.2, -0.15) is 0 Å². The standard InChI is InChI=1S/C14H13N5O3S2/c20-11(16-13(21)15-7-9-3-1-5-22-9)8-24-14-17-12(18-19-14)10-4-2-6-23-10/h1-6H,7-8H2,(H,17,18,19)(H2,15,16,20,21). The van der Waals surface area contributed by atoms with E-state index in [9.17, 15) is 9.59 Å². The average Bonchev–Trinajstić information content (AvgIpc) is 3.33. The number of nitrogens with one attached hydrogen (secondary N) is 3. The minimum Gasteiger partial charge on any atom is -0.467 e. The highest BCUT2D eigenvalue weighted by atomic mass is 32.2. The molecule has 0 spiro atoms. The first-order chi connectivity index (χ1) is 11.7. The highest BCUT2D eigenvalue weighted by Gasteiger charge is 2.12. The van der Waals surface area contributed by atoms with E-state index in [0.717, 1.165) is 16.6 Å². The SMILES string of the molecule is O=C(CSc1n[nH]c(-c2cccs2)n1)NC(=O)NCc1ccco1. The summed E-state index contributed by atoms with van der Waals surface area (Å²) in [7, 11) is 0. The van der Waals surface area contributed by atoms with Gasteiger partial charge >= 0.3 is 6.03 Å². The number of urea groups is 1. The third kappa shape index (κ3) is 4.46. The lowest BCUT2D eigenvalue weighted by Crippen LogP contribution is -2.39. The monoisotopic (exact) mass is 363 g/mol. The van der Waals surface area contributed by atoms with Crippen LogP contribution in [0.1, 0.15) is 5.76 Å². The molecule has 3 N–H and O–H groups in total. The van der Waals surface area contributed by atoms with Crippen molar-refractivity contribution in [3.8, 4) is 10.7 Å². The van der Waals surface area contributed by atoms with Gasteiger partial charge in [0, 0.05) is 0 Å². The topological polar surface area (TPSA) is 113 Å². The third-order valence-corrected chi connectivity index (χ3v) is 4.53. The zero-order chi connectivity index (χ0) is 16.8. The van der Waals surface area contributed by atoms with E-state index in [-0.39, 0.29) is 12.3 Å². The maximum absolute atomic E-state index is 11.7. The number of imide groups is 1. The number of thioether (sulfide) groups is 1. The highest BCUT2D eigenvalue weighted by Crippen LogP contribution is 2.22. The largest absolute Gasteiger partial charge is 0.467 e. The first-order valence-electron chi connectivity index (χ1n) is 6.90. The summed E-state index contributed by atoms with van der Waals surface area (Å²) in [5, 5.41) is 14.0. The zero-order valence-electron chi connectivity index (χ0n) is 12.3. The van der Waals surface area contributed by atoms with E-state index in [2.05, 4.69) is 25.8 Å². The number of hydrogen-bond donors (Lipinski definition) is 3. The van der Waals surface area contributed by atoms with Crippen LogP contribution in [0.25, 0.3) is 10.7 Å². The van der Waals surface area contributed by atoms with Gasteiger partial charge in [-0.3, -0.25) is 15.2 Å². The summed E-state index contributed by atoms with van der Waals surface area (Å²) in [6, 6.07) is 6.72. The molecule has 3 heterocycles. The molecule has 0 atom stereocenters. The Balaban J connectivity index is 1.41. The molecule has 3 rings (SSSR count). The van der Waals surface area contributed by atoms with Gasteiger partial charge in [-0.05, 0) is 23.6 Å². The molecule has 0 saturated heterocycles. The van der Waals surface area contributed by atoms with Crippen molar-refractivity contribution in [2.75, 3.05) is 5.75 Å². The number of nitrogens with zero attached hydrogens (tertiary/aromatic N) is 2. The summed E-state index contributed by atoms with van der Waals surface area (Å²) in [5.74, 6) is 0.868. The lowest BCUT2D eigenvalue weighted by Gasteiger charge is -2.04.